The van der Waals surface area contributed by atoms with Gasteiger partial charge in [-0.2, -0.15) is 0 Å². The van der Waals surface area contributed by atoms with Gasteiger partial charge < -0.3 is 10.3 Å². The van der Waals surface area contributed by atoms with Crippen LogP contribution < -0.4 is 5.32 Å². The molecule has 128 valence electrons. The highest BCUT2D eigenvalue weighted by Gasteiger charge is 2.13. The third kappa shape index (κ3) is 3.74. The molecular formula is C19H19FN4O. The lowest BCUT2D eigenvalue weighted by molar-refractivity contribution is -0.116. The first kappa shape index (κ1) is 16.8. The topological polar surface area (TPSA) is 70.7 Å². The number of carbonyl (C=O) groups excluding carboxylic acids is 1. The number of fused-ring (bicyclic) bond motifs is 1. The van der Waals surface area contributed by atoms with Crippen molar-refractivity contribution in [1.82, 2.24) is 20.3 Å². The van der Waals surface area contributed by atoms with Crippen LogP contribution in [0, 0.1) is 19.7 Å². The third-order valence-electron chi connectivity index (χ3n) is 4.11. The fraction of sp³-hybridized carbons (Fsp3) is 0.211. The molecule has 5 nitrogen and oxygen atoms in total. The third-order valence-corrected chi connectivity index (χ3v) is 4.11. The summed E-state index contributed by atoms with van der Waals surface area (Å²) in [6, 6.07) is 3.24. The highest BCUT2D eigenvalue weighted by molar-refractivity contribution is 5.92. The molecule has 0 aliphatic carbocycles. The number of nitrogens with zero attached hydrogens (tertiary/aromatic N) is 2. The molecule has 0 fully saturated rings. The van der Waals surface area contributed by atoms with E-state index in [9.17, 15) is 9.18 Å². The van der Waals surface area contributed by atoms with Gasteiger partial charge in [-0.1, -0.05) is 6.07 Å². The van der Waals surface area contributed by atoms with Crippen LogP contribution in [0.3, 0.4) is 0 Å². The number of aromatic nitrogens is 3. The van der Waals surface area contributed by atoms with Crippen LogP contribution in [0.4, 0.5) is 4.39 Å². The fourth-order valence-electron chi connectivity index (χ4n) is 2.89. The molecule has 2 heterocycles. The summed E-state index contributed by atoms with van der Waals surface area (Å²) in [5.41, 5.74) is 4.27. The van der Waals surface area contributed by atoms with Gasteiger partial charge in [0.2, 0.25) is 5.91 Å². The molecule has 1 aromatic carbocycles. The van der Waals surface area contributed by atoms with Crippen LogP contribution in [-0.2, 0) is 11.2 Å². The molecule has 0 saturated heterocycles. The monoisotopic (exact) mass is 338 g/mol. The first-order valence-corrected chi connectivity index (χ1v) is 8.03. The maximum absolute atomic E-state index is 14.0. The lowest BCUT2D eigenvalue weighted by atomic mass is 10.0. The van der Waals surface area contributed by atoms with Crippen molar-refractivity contribution in [1.29, 1.82) is 0 Å². The summed E-state index contributed by atoms with van der Waals surface area (Å²) in [6.45, 7) is 4.35. The lowest BCUT2D eigenvalue weighted by Gasteiger charge is -2.05. The second-order valence-electron chi connectivity index (χ2n) is 5.89. The van der Waals surface area contributed by atoms with Gasteiger partial charge >= 0.3 is 0 Å². The second-order valence-corrected chi connectivity index (χ2v) is 5.89. The molecule has 25 heavy (non-hydrogen) atoms. The van der Waals surface area contributed by atoms with E-state index in [0.717, 1.165) is 27.8 Å². The van der Waals surface area contributed by atoms with E-state index in [1.807, 2.05) is 13.8 Å². The quantitative estimate of drug-likeness (QED) is 0.702. The van der Waals surface area contributed by atoms with Gasteiger partial charge in [-0.05, 0) is 43.5 Å². The van der Waals surface area contributed by atoms with Crippen LogP contribution in [-0.4, -0.2) is 27.4 Å². The molecule has 0 aliphatic rings. The van der Waals surface area contributed by atoms with E-state index in [1.165, 1.54) is 18.5 Å². The largest absolute Gasteiger partial charge is 0.356 e. The van der Waals surface area contributed by atoms with Crippen molar-refractivity contribution in [2.24, 2.45) is 0 Å². The fourth-order valence-corrected chi connectivity index (χ4v) is 2.89. The summed E-state index contributed by atoms with van der Waals surface area (Å²) in [6.07, 6.45) is 8.43. The zero-order valence-electron chi connectivity index (χ0n) is 14.1. The minimum atomic E-state index is -0.257. The number of aromatic amines is 1. The van der Waals surface area contributed by atoms with E-state index in [4.69, 9.17) is 0 Å². The van der Waals surface area contributed by atoms with Gasteiger partial charge in [0.05, 0.1) is 5.52 Å². The minimum Gasteiger partial charge on any atom is -0.356 e. The standard InChI is InChI=1S/C19H19FN4O/c1-12-3-5-16(20)19-18(12)15(13(2)24-19)7-8-23-17(25)6-4-14-9-21-11-22-10-14/h3-6,9-11,24H,7-8H2,1-2H3,(H,23,25). The van der Waals surface area contributed by atoms with E-state index >= 15 is 0 Å². The van der Waals surface area contributed by atoms with Crippen LogP contribution in [0.5, 0.6) is 0 Å². The zero-order chi connectivity index (χ0) is 17.8. The molecule has 1 amide bonds. The van der Waals surface area contributed by atoms with Crippen molar-refractivity contribution in [3.63, 3.8) is 0 Å². The molecule has 0 spiro atoms. The zero-order valence-corrected chi connectivity index (χ0v) is 14.1. The molecular weight excluding hydrogens is 319 g/mol. The van der Waals surface area contributed by atoms with E-state index < -0.39 is 0 Å². The average Bonchev–Trinajstić information content (AvgIpc) is 2.95. The first-order valence-electron chi connectivity index (χ1n) is 8.03. The number of H-pyrrole nitrogens is 1. The van der Waals surface area contributed by atoms with Crippen LogP contribution in [0.15, 0.2) is 36.9 Å². The second kappa shape index (κ2) is 7.25. The number of aryl methyl sites for hydroxylation is 2. The van der Waals surface area contributed by atoms with Crippen LogP contribution in [0.25, 0.3) is 17.0 Å². The minimum absolute atomic E-state index is 0.191. The van der Waals surface area contributed by atoms with Gasteiger partial charge in [-0.3, -0.25) is 4.79 Å². The van der Waals surface area contributed by atoms with Crippen LogP contribution >= 0.6 is 0 Å². The molecule has 6 heteroatoms. The Kier molecular flexibility index (Phi) is 4.88. The molecule has 0 unspecified atom stereocenters. The number of carbonyl (C=O) groups is 1. The molecule has 0 atom stereocenters. The molecule has 2 N–H and O–H groups in total. The van der Waals surface area contributed by atoms with Gasteiger partial charge in [-0.25, -0.2) is 14.4 Å². The molecule has 3 aromatic rings. The Morgan fingerprint density at radius 3 is 2.80 bits per heavy atom. The summed E-state index contributed by atoms with van der Waals surface area (Å²) >= 11 is 0. The summed E-state index contributed by atoms with van der Waals surface area (Å²) in [5.74, 6) is -0.448. The van der Waals surface area contributed by atoms with Crippen molar-refractivity contribution in [3.05, 3.63) is 65.1 Å². The predicted octanol–water partition coefficient (Wildman–Crippen LogP) is 3.09. The Morgan fingerprint density at radius 2 is 2.04 bits per heavy atom. The molecule has 0 aliphatic heterocycles. The summed E-state index contributed by atoms with van der Waals surface area (Å²) in [5, 5.41) is 3.75. The van der Waals surface area contributed by atoms with Crippen molar-refractivity contribution in [2.45, 2.75) is 20.3 Å². The maximum Gasteiger partial charge on any atom is 0.244 e. The highest BCUT2D eigenvalue weighted by Crippen LogP contribution is 2.27. The number of nitrogens with one attached hydrogen (secondary N) is 2. The molecule has 0 radical (unpaired) electrons. The molecule has 0 saturated carbocycles. The number of amides is 1. The number of hydrogen-bond donors (Lipinski definition) is 2. The Labute approximate surface area is 145 Å². The predicted molar refractivity (Wildman–Crippen MR) is 95.5 cm³/mol. The van der Waals surface area contributed by atoms with Crippen LogP contribution in [0.1, 0.15) is 22.4 Å². The average molecular weight is 338 g/mol. The summed E-state index contributed by atoms with van der Waals surface area (Å²) < 4.78 is 14.0. The molecule has 2 aromatic heterocycles. The van der Waals surface area contributed by atoms with E-state index in [1.54, 1.807) is 24.5 Å². The van der Waals surface area contributed by atoms with Crippen LogP contribution in [0.2, 0.25) is 0 Å². The smallest absolute Gasteiger partial charge is 0.244 e. The number of rotatable bonds is 5. The van der Waals surface area contributed by atoms with E-state index in [-0.39, 0.29) is 11.7 Å². The highest BCUT2D eigenvalue weighted by atomic mass is 19.1. The van der Waals surface area contributed by atoms with Crippen molar-refractivity contribution >= 4 is 22.9 Å². The molecule has 0 bridgehead atoms. The first-order chi connectivity index (χ1) is 12.1. The van der Waals surface area contributed by atoms with E-state index in [0.29, 0.717) is 18.5 Å². The number of benzene rings is 1. The summed E-state index contributed by atoms with van der Waals surface area (Å²) in [7, 11) is 0. The van der Waals surface area contributed by atoms with Gasteiger partial charge in [0.25, 0.3) is 0 Å². The summed E-state index contributed by atoms with van der Waals surface area (Å²) in [4.78, 5) is 22.8. The Bertz CT molecular complexity index is 931. The van der Waals surface area contributed by atoms with Crippen molar-refractivity contribution < 1.29 is 9.18 Å². The van der Waals surface area contributed by atoms with Gasteiger partial charge in [0.15, 0.2) is 0 Å². The number of halogens is 1. The van der Waals surface area contributed by atoms with Gasteiger partial charge in [0.1, 0.15) is 12.1 Å². The normalized spacial score (nSPS) is 11.3. The lowest BCUT2D eigenvalue weighted by Crippen LogP contribution is -2.23. The number of hydrogen-bond acceptors (Lipinski definition) is 3. The van der Waals surface area contributed by atoms with Gasteiger partial charge in [-0.15, -0.1) is 0 Å². The van der Waals surface area contributed by atoms with Gasteiger partial charge in [0, 0.05) is 41.7 Å². The Morgan fingerprint density at radius 1 is 1.28 bits per heavy atom. The SMILES string of the molecule is Cc1[nH]c2c(F)ccc(C)c2c1CCNC(=O)C=Cc1cncnc1. The van der Waals surface area contributed by atoms with E-state index in [2.05, 4.69) is 20.3 Å². The Balaban J connectivity index is 1.65. The molecule has 3 rings (SSSR count). The maximum atomic E-state index is 14.0. The van der Waals surface area contributed by atoms with Crippen molar-refractivity contribution in [2.75, 3.05) is 6.54 Å². The van der Waals surface area contributed by atoms with Crippen molar-refractivity contribution in [3.8, 4) is 0 Å². The Hall–Kier alpha value is -3.02.